The fourth-order valence-corrected chi connectivity index (χ4v) is 6.51. The highest BCUT2D eigenvalue weighted by molar-refractivity contribution is 6.31. The van der Waals surface area contributed by atoms with Crippen LogP contribution in [0, 0.1) is 0 Å². The standard InChI is InChI=1S/C45H62ClN3O6/c1-3-5-7-9-11-13-15-17-19-25-31-54-44(52)36-27-21-23-29-38(36)48-42(50)40-33-35(46)34-41(47-40)43(51)49-39-30-24-22-28-37(39)45(53)55-32-26-20-18-16-14-12-10-8-6-4-2/h21-24,27-30,33-34H,3-20,25-26,31-32H2,1-2H3,(H,48,50)(H,49,51). The Labute approximate surface area is 333 Å². The van der Waals surface area contributed by atoms with Crippen molar-refractivity contribution in [3.63, 3.8) is 0 Å². The summed E-state index contributed by atoms with van der Waals surface area (Å²) in [7, 11) is 0. The molecule has 1 heterocycles. The highest BCUT2D eigenvalue weighted by Gasteiger charge is 2.20. The second-order valence-electron chi connectivity index (χ2n) is 14.2. The number of para-hydroxylation sites is 2. The normalized spacial score (nSPS) is 10.9. The minimum Gasteiger partial charge on any atom is -0.462 e. The molecule has 0 radical (unpaired) electrons. The number of ether oxygens (including phenoxy) is 2. The predicted molar refractivity (Wildman–Crippen MR) is 222 cm³/mol. The van der Waals surface area contributed by atoms with E-state index in [4.69, 9.17) is 21.1 Å². The number of rotatable bonds is 28. The first-order valence-electron chi connectivity index (χ1n) is 20.7. The molecular formula is C45H62ClN3O6. The van der Waals surface area contributed by atoms with Crippen LogP contribution < -0.4 is 10.6 Å². The number of carbonyl (C=O) groups is 4. The average molecular weight is 776 g/mol. The van der Waals surface area contributed by atoms with Crippen LogP contribution in [0.4, 0.5) is 11.4 Å². The van der Waals surface area contributed by atoms with Crippen LogP contribution in [0.25, 0.3) is 0 Å². The van der Waals surface area contributed by atoms with E-state index in [1.807, 2.05) is 0 Å². The van der Waals surface area contributed by atoms with Crippen LogP contribution in [0.3, 0.4) is 0 Å². The minimum absolute atomic E-state index is 0.110. The molecule has 0 bridgehead atoms. The SMILES string of the molecule is CCCCCCCCCCCCOC(=O)c1ccccc1NC(=O)c1cc(Cl)cc(C(=O)Nc2ccccc2C(=O)OCCCCCCCCCCCC)n1. The summed E-state index contributed by atoms with van der Waals surface area (Å²) < 4.78 is 11.1. The van der Waals surface area contributed by atoms with Gasteiger partial charge in [-0.25, -0.2) is 14.6 Å². The molecule has 0 aliphatic carbocycles. The molecule has 1 aromatic heterocycles. The Morgan fingerprint density at radius 3 is 1.20 bits per heavy atom. The Morgan fingerprint density at radius 1 is 0.509 bits per heavy atom. The maximum absolute atomic E-state index is 13.3. The number of nitrogens with zero attached hydrogens (tertiary/aromatic N) is 1. The zero-order valence-corrected chi connectivity index (χ0v) is 33.9. The Morgan fingerprint density at radius 2 is 0.836 bits per heavy atom. The molecule has 0 saturated heterocycles. The first-order valence-corrected chi connectivity index (χ1v) is 21.0. The molecule has 10 heteroatoms. The van der Waals surface area contributed by atoms with Crippen LogP contribution in [-0.2, 0) is 9.47 Å². The number of unbranched alkanes of at least 4 members (excludes halogenated alkanes) is 18. The van der Waals surface area contributed by atoms with Crippen molar-refractivity contribution < 1.29 is 28.7 Å². The Balaban J connectivity index is 1.49. The predicted octanol–water partition coefficient (Wildman–Crippen LogP) is 12.4. The van der Waals surface area contributed by atoms with Crippen LogP contribution in [0.1, 0.15) is 184 Å². The van der Waals surface area contributed by atoms with Crippen molar-refractivity contribution >= 4 is 46.7 Å². The number of anilines is 2. The zero-order chi connectivity index (χ0) is 39.5. The second kappa shape index (κ2) is 27.4. The number of pyridine rings is 1. The number of nitrogens with one attached hydrogen (secondary N) is 2. The van der Waals surface area contributed by atoms with E-state index in [0.29, 0.717) is 13.2 Å². The fraction of sp³-hybridized carbons (Fsp3) is 0.533. The lowest BCUT2D eigenvalue weighted by molar-refractivity contribution is 0.0489. The number of hydrogen-bond acceptors (Lipinski definition) is 7. The van der Waals surface area contributed by atoms with Crippen molar-refractivity contribution in [2.24, 2.45) is 0 Å². The highest BCUT2D eigenvalue weighted by Crippen LogP contribution is 2.22. The number of amides is 2. The van der Waals surface area contributed by atoms with Gasteiger partial charge in [-0.1, -0.05) is 165 Å². The van der Waals surface area contributed by atoms with Gasteiger partial charge in [-0.15, -0.1) is 0 Å². The lowest BCUT2D eigenvalue weighted by Crippen LogP contribution is -2.21. The van der Waals surface area contributed by atoms with E-state index in [0.717, 1.165) is 38.5 Å². The molecule has 3 aromatic rings. The molecule has 0 aliphatic heterocycles. The summed E-state index contributed by atoms with van der Waals surface area (Å²) in [6.07, 6.45) is 23.6. The van der Waals surface area contributed by atoms with Crippen LogP contribution in [0.2, 0.25) is 5.02 Å². The molecule has 2 N–H and O–H groups in total. The molecule has 9 nitrogen and oxygen atoms in total. The molecule has 0 fully saturated rings. The van der Waals surface area contributed by atoms with Gasteiger partial charge in [0.1, 0.15) is 11.4 Å². The van der Waals surface area contributed by atoms with Crippen LogP contribution in [-0.4, -0.2) is 42.0 Å². The van der Waals surface area contributed by atoms with Gasteiger partial charge in [0.15, 0.2) is 0 Å². The third-order valence-electron chi connectivity index (χ3n) is 9.51. The number of carbonyl (C=O) groups excluding carboxylic acids is 4. The van der Waals surface area contributed by atoms with Crippen LogP contribution >= 0.6 is 11.6 Å². The largest absolute Gasteiger partial charge is 0.462 e. The van der Waals surface area contributed by atoms with Crippen molar-refractivity contribution in [1.29, 1.82) is 0 Å². The van der Waals surface area contributed by atoms with E-state index < -0.39 is 23.8 Å². The lowest BCUT2D eigenvalue weighted by Gasteiger charge is -2.13. The number of benzene rings is 2. The van der Waals surface area contributed by atoms with Gasteiger partial charge < -0.3 is 20.1 Å². The monoisotopic (exact) mass is 775 g/mol. The van der Waals surface area contributed by atoms with Gasteiger partial charge in [-0.3, -0.25) is 9.59 Å². The summed E-state index contributed by atoms with van der Waals surface area (Å²) in [6.45, 7) is 5.05. The summed E-state index contributed by atoms with van der Waals surface area (Å²) in [5.74, 6) is -2.40. The van der Waals surface area contributed by atoms with Crippen molar-refractivity contribution in [3.8, 4) is 0 Å². The smallest absolute Gasteiger partial charge is 0.340 e. The topological polar surface area (TPSA) is 124 Å². The fourth-order valence-electron chi connectivity index (χ4n) is 6.31. The Kier molecular flexibility index (Phi) is 22.5. The Hall–Kier alpha value is -4.24. The van der Waals surface area contributed by atoms with E-state index in [2.05, 4.69) is 29.5 Å². The van der Waals surface area contributed by atoms with Gasteiger partial charge in [0.2, 0.25) is 0 Å². The van der Waals surface area contributed by atoms with E-state index >= 15 is 0 Å². The summed E-state index contributed by atoms with van der Waals surface area (Å²) in [4.78, 5) is 56.8. The molecule has 3 rings (SSSR count). The highest BCUT2D eigenvalue weighted by atomic mass is 35.5. The third kappa shape index (κ3) is 17.8. The Bertz CT molecular complexity index is 1500. The molecule has 300 valence electrons. The average Bonchev–Trinajstić information content (AvgIpc) is 3.19. The molecule has 55 heavy (non-hydrogen) atoms. The van der Waals surface area contributed by atoms with E-state index in [9.17, 15) is 19.2 Å². The molecule has 0 spiro atoms. The van der Waals surface area contributed by atoms with Gasteiger partial charge in [-0.2, -0.15) is 0 Å². The number of hydrogen-bond donors (Lipinski definition) is 2. The van der Waals surface area contributed by atoms with Gasteiger partial charge in [0.05, 0.1) is 35.7 Å². The maximum Gasteiger partial charge on any atom is 0.340 e. The molecular weight excluding hydrogens is 714 g/mol. The van der Waals surface area contributed by atoms with Crippen LogP contribution in [0.15, 0.2) is 60.7 Å². The molecule has 2 aromatic carbocycles. The third-order valence-corrected chi connectivity index (χ3v) is 9.73. The van der Waals surface area contributed by atoms with Crippen molar-refractivity contribution in [2.75, 3.05) is 23.8 Å². The molecule has 0 aliphatic rings. The number of halogens is 1. The first kappa shape index (κ1) is 45.2. The summed E-state index contributed by atoms with van der Waals surface area (Å²) in [5.41, 5.74) is 0.655. The van der Waals surface area contributed by atoms with Crippen molar-refractivity contribution in [3.05, 3.63) is 88.2 Å². The summed E-state index contributed by atoms with van der Waals surface area (Å²) in [6, 6.07) is 15.8. The molecule has 0 unspecified atom stereocenters. The first-order chi connectivity index (χ1) is 26.8. The maximum atomic E-state index is 13.3. The number of esters is 2. The van der Waals surface area contributed by atoms with E-state index in [-0.39, 0.29) is 38.9 Å². The van der Waals surface area contributed by atoms with E-state index in [1.165, 1.54) is 102 Å². The quantitative estimate of drug-likeness (QED) is 0.0556. The second-order valence-corrected chi connectivity index (χ2v) is 14.6. The van der Waals surface area contributed by atoms with E-state index in [1.54, 1.807) is 48.5 Å². The van der Waals surface area contributed by atoms with Gasteiger partial charge in [-0.05, 0) is 49.2 Å². The van der Waals surface area contributed by atoms with Crippen molar-refractivity contribution in [1.82, 2.24) is 4.98 Å². The van der Waals surface area contributed by atoms with Gasteiger partial charge >= 0.3 is 11.9 Å². The summed E-state index contributed by atoms with van der Waals surface area (Å²) >= 11 is 6.33. The molecule has 0 atom stereocenters. The number of aromatic nitrogens is 1. The summed E-state index contributed by atoms with van der Waals surface area (Å²) in [5, 5.41) is 5.53. The van der Waals surface area contributed by atoms with Crippen molar-refractivity contribution in [2.45, 2.75) is 142 Å². The lowest BCUT2D eigenvalue weighted by atomic mass is 10.1. The molecule has 0 saturated carbocycles. The zero-order valence-electron chi connectivity index (χ0n) is 33.1. The van der Waals surface area contributed by atoms with Gasteiger partial charge in [0.25, 0.3) is 11.8 Å². The minimum atomic E-state index is -0.664. The van der Waals surface area contributed by atoms with Gasteiger partial charge in [0, 0.05) is 5.02 Å². The van der Waals surface area contributed by atoms with Crippen LogP contribution in [0.5, 0.6) is 0 Å². The molecule has 2 amide bonds.